The third-order valence-corrected chi connectivity index (χ3v) is 4.52. The van der Waals surface area contributed by atoms with E-state index in [1.807, 2.05) is 17.5 Å². The molecule has 0 saturated heterocycles. The molecule has 0 spiro atoms. The topological polar surface area (TPSA) is 60.7 Å². The lowest BCUT2D eigenvalue weighted by molar-refractivity contribution is 0.0947. The summed E-state index contributed by atoms with van der Waals surface area (Å²) in [6, 6.07) is 9.18. The van der Waals surface area contributed by atoms with Crippen molar-refractivity contribution >= 4 is 17.2 Å². The van der Waals surface area contributed by atoms with Crippen molar-refractivity contribution in [3.05, 3.63) is 58.7 Å². The van der Waals surface area contributed by atoms with Crippen LogP contribution in [0.25, 0.3) is 11.1 Å². The number of thiophene rings is 1. The van der Waals surface area contributed by atoms with Crippen molar-refractivity contribution in [3.8, 4) is 22.6 Å². The average molecular weight is 343 g/mol. The van der Waals surface area contributed by atoms with Crippen LogP contribution in [0.2, 0.25) is 0 Å². The number of hydrogen-bond acceptors (Lipinski definition) is 5. The molecule has 5 nitrogen and oxygen atoms in total. The number of rotatable bonds is 6. The van der Waals surface area contributed by atoms with Crippen molar-refractivity contribution in [1.82, 2.24) is 5.32 Å². The van der Waals surface area contributed by atoms with E-state index in [4.69, 9.17) is 13.9 Å². The molecule has 0 unspecified atom stereocenters. The van der Waals surface area contributed by atoms with Crippen molar-refractivity contribution in [2.75, 3.05) is 14.2 Å². The van der Waals surface area contributed by atoms with E-state index < -0.39 is 0 Å². The van der Waals surface area contributed by atoms with E-state index in [1.165, 1.54) is 7.11 Å². The van der Waals surface area contributed by atoms with Gasteiger partial charge in [0.25, 0.3) is 5.91 Å². The maximum atomic E-state index is 12.4. The van der Waals surface area contributed by atoms with E-state index in [2.05, 4.69) is 5.32 Å². The second kappa shape index (κ2) is 7.23. The number of methoxy groups -OCH3 is 2. The Bertz CT molecular complexity index is 823. The predicted octanol–water partition coefficient (Wildman–Crippen LogP) is 3.96. The van der Waals surface area contributed by atoms with Crippen LogP contribution < -0.4 is 14.8 Å². The molecule has 1 N–H and O–H groups in total. The Hall–Kier alpha value is -2.73. The van der Waals surface area contributed by atoms with Crippen molar-refractivity contribution < 1.29 is 18.7 Å². The van der Waals surface area contributed by atoms with Crippen molar-refractivity contribution in [1.29, 1.82) is 0 Å². The van der Waals surface area contributed by atoms with Crippen LogP contribution in [0.4, 0.5) is 0 Å². The van der Waals surface area contributed by atoms with E-state index in [-0.39, 0.29) is 5.91 Å². The van der Waals surface area contributed by atoms with Crippen LogP contribution >= 0.6 is 11.3 Å². The number of carbonyl (C=O) groups excluding carboxylic acids is 1. The highest BCUT2D eigenvalue weighted by atomic mass is 32.1. The van der Waals surface area contributed by atoms with Gasteiger partial charge in [0.15, 0.2) is 11.5 Å². The zero-order valence-corrected chi connectivity index (χ0v) is 14.2. The normalized spacial score (nSPS) is 10.4. The van der Waals surface area contributed by atoms with Gasteiger partial charge in [-0.15, -0.1) is 11.3 Å². The van der Waals surface area contributed by atoms with E-state index in [1.54, 1.807) is 49.2 Å². The highest BCUT2D eigenvalue weighted by Crippen LogP contribution is 2.31. The summed E-state index contributed by atoms with van der Waals surface area (Å²) in [4.78, 5) is 13.5. The first kappa shape index (κ1) is 16.1. The van der Waals surface area contributed by atoms with Crippen LogP contribution in [0.1, 0.15) is 15.2 Å². The molecule has 3 aromatic rings. The smallest absolute Gasteiger partial charge is 0.255 e. The second-order valence-corrected chi connectivity index (χ2v) is 6.03. The molecule has 0 fully saturated rings. The van der Waals surface area contributed by atoms with Crippen LogP contribution in [-0.2, 0) is 6.54 Å². The highest BCUT2D eigenvalue weighted by molar-refractivity contribution is 7.10. The quantitative estimate of drug-likeness (QED) is 0.736. The fourth-order valence-electron chi connectivity index (χ4n) is 2.38. The molecular formula is C18H17NO4S. The Morgan fingerprint density at radius 2 is 2.08 bits per heavy atom. The summed E-state index contributed by atoms with van der Waals surface area (Å²) < 4.78 is 15.6. The highest BCUT2D eigenvalue weighted by Gasteiger charge is 2.16. The third kappa shape index (κ3) is 3.28. The monoisotopic (exact) mass is 343 g/mol. The molecule has 3 rings (SSSR count). The molecule has 0 bridgehead atoms. The Kier molecular flexibility index (Phi) is 4.86. The lowest BCUT2D eigenvalue weighted by Gasteiger charge is -2.12. The van der Waals surface area contributed by atoms with Crippen molar-refractivity contribution in [2.45, 2.75) is 6.54 Å². The van der Waals surface area contributed by atoms with Gasteiger partial charge < -0.3 is 19.2 Å². The molecule has 2 heterocycles. The first-order chi connectivity index (χ1) is 11.7. The molecule has 1 amide bonds. The van der Waals surface area contributed by atoms with Gasteiger partial charge in [-0.2, -0.15) is 0 Å². The molecular weight excluding hydrogens is 326 g/mol. The van der Waals surface area contributed by atoms with Crippen LogP contribution in [0.3, 0.4) is 0 Å². The zero-order chi connectivity index (χ0) is 16.9. The van der Waals surface area contributed by atoms with Gasteiger partial charge in [0, 0.05) is 10.4 Å². The number of ether oxygens (including phenoxy) is 2. The Morgan fingerprint density at radius 1 is 1.21 bits per heavy atom. The summed E-state index contributed by atoms with van der Waals surface area (Å²) in [7, 11) is 3.06. The van der Waals surface area contributed by atoms with Gasteiger partial charge in [0.05, 0.1) is 38.9 Å². The molecule has 2 aromatic heterocycles. The Balaban J connectivity index is 1.70. The molecule has 1 aromatic carbocycles. The summed E-state index contributed by atoms with van der Waals surface area (Å²) in [5, 5.41) is 4.95. The maximum absolute atomic E-state index is 12.4. The van der Waals surface area contributed by atoms with E-state index in [9.17, 15) is 4.79 Å². The molecule has 0 saturated carbocycles. The second-order valence-electron chi connectivity index (χ2n) is 5.04. The first-order valence-corrected chi connectivity index (χ1v) is 8.20. The van der Waals surface area contributed by atoms with E-state index >= 15 is 0 Å². The SMILES string of the molecule is COc1cccc(C(=O)NCc2cc(-c3ccoc3)cs2)c1OC. The van der Waals surface area contributed by atoms with E-state index in [0.29, 0.717) is 23.6 Å². The molecule has 0 aliphatic heterocycles. The predicted molar refractivity (Wildman–Crippen MR) is 92.7 cm³/mol. The third-order valence-electron chi connectivity index (χ3n) is 3.58. The summed E-state index contributed by atoms with van der Waals surface area (Å²) in [6.07, 6.45) is 3.34. The van der Waals surface area contributed by atoms with Gasteiger partial charge >= 0.3 is 0 Å². The lowest BCUT2D eigenvalue weighted by Crippen LogP contribution is -2.23. The summed E-state index contributed by atoms with van der Waals surface area (Å²) in [6.45, 7) is 0.446. The molecule has 0 aliphatic rings. The molecule has 0 atom stereocenters. The molecule has 0 aliphatic carbocycles. The maximum Gasteiger partial charge on any atom is 0.255 e. The summed E-state index contributed by atoms with van der Waals surface area (Å²) in [5.41, 5.74) is 2.55. The number of amides is 1. The molecule has 124 valence electrons. The van der Waals surface area contributed by atoms with E-state index in [0.717, 1.165) is 16.0 Å². The fraction of sp³-hybridized carbons (Fsp3) is 0.167. The first-order valence-electron chi connectivity index (χ1n) is 7.32. The Morgan fingerprint density at radius 3 is 2.79 bits per heavy atom. The van der Waals surface area contributed by atoms with Gasteiger partial charge in [0.2, 0.25) is 0 Å². The van der Waals surface area contributed by atoms with Crippen LogP contribution in [0.5, 0.6) is 11.5 Å². The van der Waals surface area contributed by atoms with Crippen LogP contribution in [0, 0.1) is 0 Å². The number of hydrogen-bond donors (Lipinski definition) is 1. The minimum atomic E-state index is -0.205. The van der Waals surface area contributed by atoms with Gasteiger partial charge in [-0.3, -0.25) is 4.79 Å². The zero-order valence-electron chi connectivity index (χ0n) is 13.4. The largest absolute Gasteiger partial charge is 0.493 e. The number of furan rings is 1. The lowest BCUT2D eigenvalue weighted by atomic mass is 10.1. The fourth-order valence-corrected chi connectivity index (χ4v) is 3.21. The molecule has 6 heteroatoms. The van der Waals surface area contributed by atoms with Gasteiger partial charge in [-0.25, -0.2) is 0 Å². The standard InChI is InChI=1S/C18H17NO4S/c1-21-16-5-3-4-15(17(16)22-2)18(20)19-9-14-8-13(11-24-14)12-6-7-23-10-12/h3-8,10-11H,9H2,1-2H3,(H,19,20). The van der Waals surface area contributed by atoms with Crippen LogP contribution in [-0.4, -0.2) is 20.1 Å². The van der Waals surface area contributed by atoms with Gasteiger partial charge in [-0.1, -0.05) is 6.07 Å². The summed E-state index contributed by atoms with van der Waals surface area (Å²) in [5.74, 6) is 0.760. The number of nitrogens with one attached hydrogen (secondary N) is 1. The number of carbonyl (C=O) groups is 1. The number of benzene rings is 1. The van der Waals surface area contributed by atoms with Gasteiger partial charge in [-0.05, 0) is 35.2 Å². The van der Waals surface area contributed by atoms with Crippen molar-refractivity contribution in [2.24, 2.45) is 0 Å². The molecule has 24 heavy (non-hydrogen) atoms. The Labute approximate surface area is 143 Å². The average Bonchev–Trinajstić information content (AvgIpc) is 3.29. The molecule has 0 radical (unpaired) electrons. The number of para-hydroxylation sites is 1. The summed E-state index contributed by atoms with van der Waals surface area (Å²) >= 11 is 1.59. The van der Waals surface area contributed by atoms with Crippen LogP contribution in [0.15, 0.2) is 52.7 Å². The minimum Gasteiger partial charge on any atom is -0.493 e. The van der Waals surface area contributed by atoms with Crippen molar-refractivity contribution in [3.63, 3.8) is 0 Å². The minimum absolute atomic E-state index is 0.205. The van der Waals surface area contributed by atoms with Gasteiger partial charge in [0.1, 0.15) is 0 Å².